The third-order valence-corrected chi connectivity index (χ3v) is 2.14. The summed E-state index contributed by atoms with van der Waals surface area (Å²) in [5.41, 5.74) is 0.714. The van der Waals surface area contributed by atoms with E-state index in [2.05, 4.69) is 21.2 Å². The zero-order chi connectivity index (χ0) is 9.84. The van der Waals surface area contributed by atoms with E-state index in [4.69, 9.17) is 11.6 Å². The van der Waals surface area contributed by atoms with E-state index in [-0.39, 0.29) is 5.91 Å². The highest BCUT2D eigenvalue weighted by atomic mass is 79.9. The molecule has 0 aliphatic rings. The van der Waals surface area contributed by atoms with E-state index in [1.54, 1.807) is 25.1 Å². The maximum atomic E-state index is 11.0. The first-order chi connectivity index (χ1) is 6.11. The summed E-state index contributed by atoms with van der Waals surface area (Å²) in [5.74, 6) is -0.0193. The molecule has 13 heavy (non-hydrogen) atoms. The molecular weight excluding hydrogens is 253 g/mol. The quantitative estimate of drug-likeness (QED) is 0.869. The lowest BCUT2D eigenvalue weighted by Crippen LogP contribution is -2.09. The van der Waals surface area contributed by atoms with Crippen molar-refractivity contribution in [3.63, 3.8) is 0 Å². The highest BCUT2D eigenvalue weighted by Crippen LogP contribution is 2.22. The van der Waals surface area contributed by atoms with Crippen LogP contribution in [0.4, 0.5) is 5.69 Å². The van der Waals surface area contributed by atoms with Crippen LogP contribution in [-0.2, 0) is 4.79 Å². The topological polar surface area (TPSA) is 29.1 Å². The molecule has 1 N–H and O–H groups in total. The number of benzene rings is 1. The van der Waals surface area contributed by atoms with E-state index < -0.39 is 0 Å². The van der Waals surface area contributed by atoms with Crippen molar-refractivity contribution in [2.45, 2.75) is 13.3 Å². The van der Waals surface area contributed by atoms with Crippen molar-refractivity contribution in [2.75, 3.05) is 5.32 Å². The normalized spacial score (nSPS) is 9.77. The fraction of sp³-hybridized carbons (Fsp3) is 0.222. The average Bonchev–Trinajstić information content (AvgIpc) is 2.02. The van der Waals surface area contributed by atoms with Gasteiger partial charge in [0.05, 0.1) is 0 Å². The molecule has 0 saturated heterocycles. The van der Waals surface area contributed by atoms with Crippen molar-refractivity contribution in [3.05, 3.63) is 27.7 Å². The molecule has 70 valence electrons. The van der Waals surface area contributed by atoms with Gasteiger partial charge in [-0.05, 0) is 18.2 Å². The van der Waals surface area contributed by atoms with E-state index >= 15 is 0 Å². The summed E-state index contributed by atoms with van der Waals surface area (Å²) in [5, 5.41) is 3.32. The first-order valence-corrected chi connectivity index (χ1v) is 5.05. The van der Waals surface area contributed by atoms with Crippen molar-refractivity contribution in [3.8, 4) is 0 Å². The van der Waals surface area contributed by atoms with Crippen molar-refractivity contribution >= 4 is 39.1 Å². The SMILES string of the molecule is CCC(=O)Nc1cc(Cl)cc(Br)c1. The van der Waals surface area contributed by atoms with Gasteiger partial charge in [-0.15, -0.1) is 0 Å². The van der Waals surface area contributed by atoms with Crippen molar-refractivity contribution < 1.29 is 4.79 Å². The molecule has 0 bridgehead atoms. The van der Waals surface area contributed by atoms with Gasteiger partial charge in [0.25, 0.3) is 0 Å². The van der Waals surface area contributed by atoms with E-state index in [0.29, 0.717) is 17.1 Å². The van der Waals surface area contributed by atoms with Crippen LogP contribution in [0.2, 0.25) is 5.02 Å². The fourth-order valence-corrected chi connectivity index (χ4v) is 1.74. The molecule has 1 amide bonds. The van der Waals surface area contributed by atoms with Crippen LogP contribution >= 0.6 is 27.5 Å². The maximum Gasteiger partial charge on any atom is 0.224 e. The number of halogens is 2. The first kappa shape index (κ1) is 10.5. The highest BCUT2D eigenvalue weighted by Gasteiger charge is 2.00. The maximum absolute atomic E-state index is 11.0. The number of anilines is 1. The fourth-order valence-electron chi connectivity index (χ4n) is 0.875. The Morgan fingerprint density at radius 3 is 2.77 bits per heavy atom. The minimum absolute atomic E-state index is 0.0193. The van der Waals surface area contributed by atoms with Crippen LogP contribution in [0.1, 0.15) is 13.3 Å². The van der Waals surface area contributed by atoms with E-state index in [1.165, 1.54) is 0 Å². The lowest BCUT2D eigenvalue weighted by molar-refractivity contribution is -0.115. The molecule has 0 unspecified atom stereocenters. The van der Waals surface area contributed by atoms with Gasteiger partial charge in [-0.2, -0.15) is 0 Å². The average molecular weight is 263 g/mol. The van der Waals surface area contributed by atoms with Gasteiger partial charge in [0.1, 0.15) is 0 Å². The second-order valence-electron chi connectivity index (χ2n) is 2.56. The van der Waals surface area contributed by atoms with E-state index in [0.717, 1.165) is 4.47 Å². The zero-order valence-corrected chi connectivity index (χ0v) is 9.45. The molecule has 0 spiro atoms. The van der Waals surface area contributed by atoms with Crippen molar-refractivity contribution in [2.24, 2.45) is 0 Å². The number of carbonyl (C=O) groups is 1. The predicted molar refractivity (Wildman–Crippen MR) is 58.1 cm³/mol. The zero-order valence-electron chi connectivity index (χ0n) is 7.10. The molecule has 0 atom stereocenters. The molecule has 1 aromatic rings. The Morgan fingerprint density at radius 2 is 2.23 bits per heavy atom. The Balaban J connectivity index is 2.83. The molecule has 4 heteroatoms. The summed E-state index contributed by atoms with van der Waals surface area (Å²) in [6.45, 7) is 1.80. The Kier molecular flexibility index (Phi) is 3.75. The molecule has 1 aromatic carbocycles. The van der Waals surface area contributed by atoms with Crippen LogP contribution in [-0.4, -0.2) is 5.91 Å². The molecule has 0 aliphatic heterocycles. The Hall–Kier alpha value is -0.540. The van der Waals surface area contributed by atoms with Gasteiger partial charge in [-0.1, -0.05) is 34.5 Å². The standard InChI is InChI=1S/C9H9BrClNO/c1-2-9(13)12-8-4-6(10)3-7(11)5-8/h3-5H,2H2,1H3,(H,12,13). The Bertz CT molecular complexity index is 307. The van der Waals surface area contributed by atoms with Gasteiger partial charge in [0.15, 0.2) is 0 Å². The summed E-state index contributed by atoms with van der Waals surface area (Å²) < 4.78 is 0.853. The number of nitrogens with one attached hydrogen (secondary N) is 1. The molecule has 0 aliphatic carbocycles. The third kappa shape index (κ3) is 3.36. The summed E-state index contributed by atoms with van der Waals surface area (Å²) in [6, 6.07) is 5.28. The van der Waals surface area contributed by atoms with Gasteiger partial charge in [-0.25, -0.2) is 0 Å². The number of carbonyl (C=O) groups excluding carboxylic acids is 1. The summed E-state index contributed by atoms with van der Waals surface area (Å²) in [6.07, 6.45) is 0.462. The van der Waals surface area contributed by atoms with Crippen LogP contribution in [0.5, 0.6) is 0 Å². The minimum atomic E-state index is -0.0193. The number of amides is 1. The third-order valence-electron chi connectivity index (χ3n) is 1.47. The molecular formula is C9H9BrClNO. The highest BCUT2D eigenvalue weighted by molar-refractivity contribution is 9.10. The minimum Gasteiger partial charge on any atom is -0.326 e. The van der Waals surface area contributed by atoms with E-state index in [1.807, 2.05) is 0 Å². The van der Waals surface area contributed by atoms with Gasteiger partial charge >= 0.3 is 0 Å². The second kappa shape index (κ2) is 4.63. The predicted octanol–water partition coefficient (Wildman–Crippen LogP) is 3.45. The van der Waals surface area contributed by atoms with Gasteiger partial charge in [0.2, 0.25) is 5.91 Å². The lowest BCUT2D eigenvalue weighted by Gasteiger charge is -2.04. The monoisotopic (exact) mass is 261 g/mol. The number of hydrogen-bond donors (Lipinski definition) is 1. The van der Waals surface area contributed by atoms with Crippen LogP contribution in [0.3, 0.4) is 0 Å². The number of hydrogen-bond acceptors (Lipinski definition) is 1. The lowest BCUT2D eigenvalue weighted by atomic mass is 10.3. The molecule has 0 saturated carbocycles. The van der Waals surface area contributed by atoms with Crippen LogP contribution < -0.4 is 5.32 Å². The van der Waals surface area contributed by atoms with Crippen LogP contribution in [0.15, 0.2) is 22.7 Å². The molecule has 0 aromatic heterocycles. The van der Waals surface area contributed by atoms with Crippen molar-refractivity contribution in [1.29, 1.82) is 0 Å². The van der Waals surface area contributed by atoms with Gasteiger partial charge in [-0.3, -0.25) is 4.79 Å². The summed E-state index contributed by atoms with van der Waals surface area (Å²) >= 11 is 9.08. The first-order valence-electron chi connectivity index (χ1n) is 3.87. The largest absolute Gasteiger partial charge is 0.326 e. The van der Waals surface area contributed by atoms with Crippen LogP contribution in [0, 0.1) is 0 Å². The van der Waals surface area contributed by atoms with E-state index in [9.17, 15) is 4.79 Å². The van der Waals surface area contributed by atoms with Crippen LogP contribution in [0.25, 0.3) is 0 Å². The molecule has 0 heterocycles. The Labute approximate surface area is 90.4 Å². The summed E-state index contributed by atoms with van der Waals surface area (Å²) in [4.78, 5) is 11.0. The molecule has 0 radical (unpaired) electrons. The summed E-state index contributed by atoms with van der Waals surface area (Å²) in [7, 11) is 0. The van der Waals surface area contributed by atoms with Gasteiger partial charge < -0.3 is 5.32 Å². The smallest absolute Gasteiger partial charge is 0.224 e. The molecule has 1 rings (SSSR count). The van der Waals surface area contributed by atoms with Gasteiger partial charge in [0, 0.05) is 21.6 Å². The number of rotatable bonds is 2. The van der Waals surface area contributed by atoms with Crippen molar-refractivity contribution in [1.82, 2.24) is 0 Å². The second-order valence-corrected chi connectivity index (χ2v) is 3.91. The molecule has 2 nitrogen and oxygen atoms in total. The molecule has 0 fully saturated rings. The Morgan fingerprint density at radius 1 is 1.54 bits per heavy atom.